The van der Waals surface area contributed by atoms with E-state index >= 15 is 0 Å². The van der Waals surface area contributed by atoms with Crippen molar-refractivity contribution in [1.29, 1.82) is 0 Å². The van der Waals surface area contributed by atoms with Crippen molar-refractivity contribution in [2.24, 2.45) is 0 Å². The molecule has 4 aromatic rings. The first-order valence-electron chi connectivity index (χ1n) is 9.52. The number of aromatic nitrogens is 1. The molecule has 29 heavy (non-hydrogen) atoms. The van der Waals surface area contributed by atoms with Gasteiger partial charge in [0.15, 0.2) is 0 Å². The quantitative estimate of drug-likeness (QED) is 0.449. The molecule has 0 aliphatic rings. The molecule has 1 N–H and O–H groups in total. The van der Waals surface area contributed by atoms with Crippen molar-refractivity contribution in [1.82, 2.24) is 10.3 Å². The normalized spacial score (nSPS) is 10.9. The van der Waals surface area contributed by atoms with Crippen LogP contribution < -0.4 is 5.32 Å². The van der Waals surface area contributed by atoms with Gasteiger partial charge in [0.25, 0.3) is 5.91 Å². The maximum atomic E-state index is 13.1. The molecule has 0 saturated heterocycles. The van der Waals surface area contributed by atoms with Gasteiger partial charge < -0.3 is 5.32 Å². The fraction of sp³-hybridized carbons (Fsp3) is 0.120. The Morgan fingerprint density at radius 2 is 1.69 bits per heavy atom. The van der Waals surface area contributed by atoms with Gasteiger partial charge in [-0.3, -0.25) is 4.79 Å². The molecule has 0 aliphatic heterocycles. The van der Waals surface area contributed by atoms with Crippen LogP contribution in [0.2, 0.25) is 5.02 Å². The van der Waals surface area contributed by atoms with Crippen LogP contribution in [0.5, 0.6) is 0 Å². The van der Waals surface area contributed by atoms with Gasteiger partial charge >= 0.3 is 0 Å². The monoisotopic (exact) mass is 400 g/mol. The van der Waals surface area contributed by atoms with E-state index in [0.29, 0.717) is 17.1 Å². The Kier molecular flexibility index (Phi) is 5.32. The van der Waals surface area contributed by atoms with Crippen LogP contribution in [0.3, 0.4) is 0 Å². The predicted octanol–water partition coefficient (Wildman–Crippen LogP) is 6.10. The number of carbonyl (C=O) groups is 1. The summed E-state index contributed by atoms with van der Waals surface area (Å²) in [6, 6.07) is 23.5. The Labute approximate surface area is 175 Å². The van der Waals surface area contributed by atoms with Crippen molar-refractivity contribution in [3.63, 3.8) is 0 Å². The maximum Gasteiger partial charge on any atom is 0.252 e. The van der Waals surface area contributed by atoms with E-state index < -0.39 is 0 Å². The highest BCUT2D eigenvalue weighted by Gasteiger charge is 2.16. The van der Waals surface area contributed by atoms with Crippen LogP contribution in [-0.4, -0.2) is 10.9 Å². The van der Waals surface area contributed by atoms with Crippen molar-refractivity contribution in [2.75, 3.05) is 0 Å². The van der Waals surface area contributed by atoms with Crippen molar-refractivity contribution < 1.29 is 4.79 Å². The molecule has 0 unspecified atom stereocenters. The average Bonchev–Trinajstić information content (AvgIpc) is 2.75. The maximum absolute atomic E-state index is 13.1. The van der Waals surface area contributed by atoms with Crippen molar-refractivity contribution >= 4 is 28.4 Å². The van der Waals surface area contributed by atoms with Crippen molar-refractivity contribution in [3.05, 3.63) is 100 Å². The first-order chi connectivity index (χ1) is 14.0. The van der Waals surface area contributed by atoms with Gasteiger partial charge in [-0.2, -0.15) is 0 Å². The van der Waals surface area contributed by atoms with Gasteiger partial charge in [-0.05, 0) is 37.1 Å². The average molecular weight is 401 g/mol. The van der Waals surface area contributed by atoms with Crippen LogP contribution in [0, 0.1) is 13.8 Å². The lowest BCUT2D eigenvalue weighted by molar-refractivity contribution is 0.0952. The summed E-state index contributed by atoms with van der Waals surface area (Å²) in [7, 11) is 0. The molecule has 0 bridgehead atoms. The summed E-state index contributed by atoms with van der Waals surface area (Å²) in [5, 5.41) is 4.48. The lowest BCUT2D eigenvalue weighted by Gasteiger charge is -2.13. The predicted molar refractivity (Wildman–Crippen MR) is 119 cm³/mol. The zero-order valence-electron chi connectivity index (χ0n) is 16.4. The van der Waals surface area contributed by atoms with Gasteiger partial charge in [0.2, 0.25) is 0 Å². The smallest absolute Gasteiger partial charge is 0.252 e. The Morgan fingerprint density at radius 3 is 2.41 bits per heavy atom. The Balaban J connectivity index is 1.76. The minimum absolute atomic E-state index is 0.128. The fourth-order valence-electron chi connectivity index (χ4n) is 3.33. The minimum atomic E-state index is -0.128. The second-order valence-electron chi connectivity index (χ2n) is 7.16. The summed E-state index contributed by atoms with van der Waals surface area (Å²) in [6.07, 6.45) is 0. The Bertz CT molecular complexity index is 1190. The largest absolute Gasteiger partial charge is 0.348 e. The molecule has 0 aliphatic carbocycles. The lowest BCUT2D eigenvalue weighted by atomic mass is 10.0. The van der Waals surface area contributed by atoms with Crippen molar-refractivity contribution in [3.8, 4) is 11.3 Å². The molecule has 1 aromatic heterocycles. The molecule has 0 fully saturated rings. The molecular weight excluding hydrogens is 380 g/mol. The first kappa shape index (κ1) is 19.2. The molecule has 1 amide bonds. The molecule has 3 aromatic carbocycles. The van der Waals surface area contributed by atoms with Crippen LogP contribution in [0.15, 0.2) is 72.8 Å². The molecular formula is C25H21ClN2O. The van der Waals surface area contributed by atoms with Gasteiger partial charge in [-0.25, -0.2) is 4.98 Å². The number of hydrogen-bond donors (Lipinski definition) is 1. The third-order valence-corrected chi connectivity index (χ3v) is 5.47. The summed E-state index contributed by atoms with van der Waals surface area (Å²) in [4.78, 5) is 17.9. The third kappa shape index (κ3) is 4.01. The number of aryl methyl sites for hydroxylation is 2. The second-order valence-corrected chi connectivity index (χ2v) is 7.57. The third-order valence-electron chi connectivity index (χ3n) is 5.06. The highest BCUT2D eigenvalue weighted by Crippen LogP contribution is 2.30. The number of rotatable bonds is 4. The van der Waals surface area contributed by atoms with Crippen LogP contribution in [0.4, 0.5) is 0 Å². The van der Waals surface area contributed by atoms with Crippen LogP contribution in [0.1, 0.15) is 27.0 Å². The van der Waals surface area contributed by atoms with E-state index in [2.05, 4.69) is 5.32 Å². The molecule has 0 atom stereocenters. The highest BCUT2D eigenvalue weighted by molar-refractivity contribution is 6.32. The number of benzene rings is 3. The topological polar surface area (TPSA) is 42.0 Å². The highest BCUT2D eigenvalue weighted by atomic mass is 35.5. The van der Waals surface area contributed by atoms with Crippen LogP contribution in [0.25, 0.3) is 22.2 Å². The molecule has 144 valence electrons. The number of nitrogens with one attached hydrogen (secondary N) is 1. The molecule has 4 rings (SSSR count). The number of amides is 1. The van der Waals surface area contributed by atoms with E-state index in [-0.39, 0.29) is 5.91 Å². The molecule has 0 radical (unpaired) electrons. The standard InChI is InChI=1S/C25H21ClN2O/c1-16-8-10-18(11-9-16)15-27-25(29)21-14-23(19-6-4-3-5-7-19)28-24-17(2)22(26)13-12-20(21)24/h3-14H,15H2,1-2H3,(H,27,29). The zero-order valence-corrected chi connectivity index (χ0v) is 17.1. The first-order valence-corrected chi connectivity index (χ1v) is 9.90. The number of nitrogens with zero attached hydrogens (tertiary/aromatic N) is 1. The molecule has 0 spiro atoms. The second kappa shape index (κ2) is 8.06. The minimum Gasteiger partial charge on any atom is -0.348 e. The van der Waals surface area contributed by atoms with Crippen LogP contribution >= 0.6 is 11.6 Å². The molecule has 0 saturated carbocycles. The van der Waals surface area contributed by atoms with E-state index in [1.54, 1.807) is 0 Å². The number of pyridine rings is 1. The summed E-state index contributed by atoms with van der Waals surface area (Å²) in [6.45, 7) is 4.45. The summed E-state index contributed by atoms with van der Waals surface area (Å²) >= 11 is 6.33. The van der Waals surface area contributed by atoms with Gasteiger partial charge in [-0.1, -0.05) is 77.8 Å². The number of halogens is 1. The van der Waals surface area contributed by atoms with Gasteiger partial charge in [0.05, 0.1) is 16.8 Å². The fourth-order valence-corrected chi connectivity index (χ4v) is 3.48. The molecule has 3 nitrogen and oxygen atoms in total. The van der Waals surface area contributed by atoms with E-state index in [4.69, 9.17) is 16.6 Å². The zero-order chi connectivity index (χ0) is 20.4. The number of hydrogen-bond acceptors (Lipinski definition) is 2. The summed E-state index contributed by atoms with van der Waals surface area (Å²) in [5.74, 6) is -0.128. The van der Waals surface area contributed by atoms with Gasteiger partial charge in [0, 0.05) is 22.5 Å². The van der Waals surface area contributed by atoms with Crippen molar-refractivity contribution in [2.45, 2.75) is 20.4 Å². The molecule has 4 heteroatoms. The van der Waals surface area contributed by atoms with Gasteiger partial charge in [0.1, 0.15) is 0 Å². The van der Waals surface area contributed by atoms with Gasteiger partial charge in [-0.15, -0.1) is 0 Å². The Morgan fingerprint density at radius 1 is 0.966 bits per heavy atom. The SMILES string of the molecule is Cc1ccc(CNC(=O)c2cc(-c3ccccc3)nc3c(C)c(Cl)ccc23)cc1. The Hall–Kier alpha value is -3.17. The van der Waals surface area contributed by atoms with E-state index in [9.17, 15) is 4.79 Å². The van der Waals surface area contributed by atoms with E-state index in [0.717, 1.165) is 33.3 Å². The van der Waals surface area contributed by atoms with Crippen LogP contribution in [-0.2, 0) is 6.54 Å². The summed E-state index contributed by atoms with van der Waals surface area (Å²) in [5.41, 5.74) is 6.18. The van der Waals surface area contributed by atoms with E-state index in [1.807, 2.05) is 86.6 Å². The number of carbonyl (C=O) groups excluding carboxylic acids is 1. The molecule has 1 heterocycles. The van der Waals surface area contributed by atoms with E-state index in [1.165, 1.54) is 5.56 Å². The number of fused-ring (bicyclic) bond motifs is 1. The summed E-state index contributed by atoms with van der Waals surface area (Å²) < 4.78 is 0. The lowest BCUT2D eigenvalue weighted by Crippen LogP contribution is -2.23.